The number of likely N-dealkylation sites (N-methyl/N-ethyl adjacent to an activating group) is 1. The van der Waals surface area contributed by atoms with Gasteiger partial charge in [0.1, 0.15) is 0 Å². The Balaban J connectivity index is 1.33. The summed E-state index contributed by atoms with van der Waals surface area (Å²) in [7, 11) is 3.75. The Hall–Kier alpha value is -3.62. The van der Waals surface area contributed by atoms with Crippen LogP contribution in [0.3, 0.4) is 0 Å². The third-order valence-electron chi connectivity index (χ3n) is 6.08. The molecular formula is C26H24ClN5O2S. The highest BCUT2D eigenvalue weighted by molar-refractivity contribution is 7.09. The van der Waals surface area contributed by atoms with Crippen molar-refractivity contribution in [1.82, 2.24) is 9.80 Å². The average Bonchev–Trinajstić information content (AvgIpc) is 3.30. The molecule has 1 atom stereocenters. The normalized spacial score (nSPS) is 16.8. The largest absolute Gasteiger partial charge is 0.337 e. The van der Waals surface area contributed by atoms with Gasteiger partial charge < -0.3 is 20.4 Å². The summed E-state index contributed by atoms with van der Waals surface area (Å²) < 4.78 is 0. The van der Waals surface area contributed by atoms with Gasteiger partial charge in [-0.05, 0) is 53.4 Å². The van der Waals surface area contributed by atoms with E-state index in [0.29, 0.717) is 28.8 Å². The zero-order valence-electron chi connectivity index (χ0n) is 19.3. The second kappa shape index (κ2) is 9.56. The van der Waals surface area contributed by atoms with E-state index < -0.39 is 0 Å². The Bertz CT molecular complexity index is 1330. The highest BCUT2D eigenvalue weighted by Gasteiger charge is 2.33. The third-order valence-corrected chi connectivity index (χ3v) is 7.18. The maximum absolute atomic E-state index is 12.8. The summed E-state index contributed by atoms with van der Waals surface area (Å²) in [5.74, 6) is 0.519. The summed E-state index contributed by atoms with van der Waals surface area (Å²) in [6, 6.07) is 16.7. The molecule has 7 nitrogen and oxygen atoms in total. The fourth-order valence-electron chi connectivity index (χ4n) is 4.36. The number of carbonyl (C=O) groups excluding carboxylic acids is 2. The van der Waals surface area contributed by atoms with Crippen LogP contribution in [0.4, 0.5) is 11.4 Å². The molecule has 2 aliphatic heterocycles. The van der Waals surface area contributed by atoms with Gasteiger partial charge in [0.05, 0.1) is 19.0 Å². The number of benzene rings is 2. The molecular weight excluding hydrogens is 482 g/mol. The number of fused-ring (bicyclic) bond motifs is 3. The summed E-state index contributed by atoms with van der Waals surface area (Å²) in [5, 5.41) is 8.87. The fraction of sp³-hybridized carbons (Fsp3) is 0.192. The van der Waals surface area contributed by atoms with Gasteiger partial charge >= 0.3 is 0 Å². The van der Waals surface area contributed by atoms with E-state index in [4.69, 9.17) is 11.6 Å². The summed E-state index contributed by atoms with van der Waals surface area (Å²) >= 11 is 7.81. The first-order chi connectivity index (χ1) is 16.9. The number of halogens is 1. The average molecular weight is 506 g/mol. The van der Waals surface area contributed by atoms with Crippen molar-refractivity contribution in [2.45, 2.75) is 19.0 Å². The molecule has 2 N–H and O–H groups in total. The van der Waals surface area contributed by atoms with Gasteiger partial charge in [-0.3, -0.25) is 9.59 Å². The van der Waals surface area contributed by atoms with Crippen molar-refractivity contribution in [2.75, 3.05) is 24.7 Å². The summed E-state index contributed by atoms with van der Waals surface area (Å²) in [6.07, 6.45) is 2.02. The standard InChI is InChI=1S/C26H24ClN5O2S/c1-31(15-20-4-3-11-35-20)25(34)16-5-8-19(9-6-16)29-26-28-14-17-12-23(33)30-22-13-18(27)7-10-21(22)24(17)32(26)2/h3-11,13-14,24H,12,15H2,1-2H3,(H,28,29)(H,30,33). The van der Waals surface area contributed by atoms with Crippen molar-refractivity contribution in [2.24, 2.45) is 4.99 Å². The summed E-state index contributed by atoms with van der Waals surface area (Å²) in [6.45, 7) is 0.582. The quantitative estimate of drug-likeness (QED) is 0.501. The lowest BCUT2D eigenvalue weighted by Crippen LogP contribution is -2.39. The number of carbonyl (C=O) groups is 2. The highest BCUT2D eigenvalue weighted by atomic mass is 35.5. The summed E-state index contributed by atoms with van der Waals surface area (Å²) in [5.41, 5.74) is 4.00. The van der Waals surface area contributed by atoms with Crippen LogP contribution in [-0.4, -0.2) is 41.7 Å². The number of anilines is 2. The number of thiophene rings is 1. The SMILES string of the molecule is CN(Cc1cccs1)C(=O)c1ccc(NC2=NC=C3CC(=O)Nc4cc(Cl)ccc4C3N2C)cc1. The van der Waals surface area contributed by atoms with Crippen molar-refractivity contribution in [3.8, 4) is 0 Å². The Morgan fingerprint density at radius 3 is 2.80 bits per heavy atom. The van der Waals surface area contributed by atoms with Gasteiger partial charge in [0.2, 0.25) is 11.9 Å². The van der Waals surface area contributed by atoms with Gasteiger partial charge in [0.15, 0.2) is 0 Å². The van der Waals surface area contributed by atoms with Crippen LogP contribution in [-0.2, 0) is 11.3 Å². The topological polar surface area (TPSA) is 77.0 Å². The molecule has 0 radical (unpaired) electrons. The van der Waals surface area contributed by atoms with Crippen LogP contribution in [0.5, 0.6) is 0 Å². The van der Waals surface area contributed by atoms with E-state index >= 15 is 0 Å². The second-order valence-corrected chi connectivity index (χ2v) is 10.0. The molecule has 9 heteroatoms. The Labute approximate surface area is 212 Å². The van der Waals surface area contributed by atoms with Gasteiger partial charge in [0, 0.05) is 52.7 Å². The van der Waals surface area contributed by atoms with Crippen LogP contribution < -0.4 is 10.6 Å². The third kappa shape index (κ3) is 4.80. The molecule has 178 valence electrons. The van der Waals surface area contributed by atoms with Crippen LogP contribution in [0.25, 0.3) is 0 Å². The van der Waals surface area contributed by atoms with E-state index in [9.17, 15) is 9.59 Å². The maximum atomic E-state index is 12.8. The summed E-state index contributed by atoms with van der Waals surface area (Å²) in [4.78, 5) is 34.7. The van der Waals surface area contributed by atoms with Crippen LogP contribution in [0.1, 0.15) is 33.3 Å². The molecule has 35 heavy (non-hydrogen) atoms. The van der Waals surface area contributed by atoms with Crippen LogP contribution in [0.15, 0.2) is 76.7 Å². The zero-order chi connectivity index (χ0) is 24.5. The molecule has 0 fully saturated rings. The van der Waals surface area contributed by atoms with Gasteiger partial charge in [-0.25, -0.2) is 4.99 Å². The van der Waals surface area contributed by atoms with Crippen LogP contribution in [0.2, 0.25) is 5.02 Å². The fourth-order valence-corrected chi connectivity index (χ4v) is 5.29. The smallest absolute Gasteiger partial charge is 0.253 e. The number of aliphatic imine (C=N–C) groups is 1. The van der Waals surface area contributed by atoms with E-state index in [1.165, 1.54) is 0 Å². The molecule has 0 bridgehead atoms. The van der Waals surface area contributed by atoms with Crippen LogP contribution in [0, 0.1) is 0 Å². The molecule has 0 aliphatic carbocycles. The minimum atomic E-state index is -0.159. The lowest BCUT2D eigenvalue weighted by atomic mass is 9.95. The van der Waals surface area contributed by atoms with Crippen molar-refractivity contribution in [1.29, 1.82) is 0 Å². The first-order valence-corrected chi connectivity index (χ1v) is 12.4. The molecule has 5 rings (SSSR count). The van der Waals surface area contributed by atoms with E-state index in [-0.39, 0.29) is 24.3 Å². The van der Waals surface area contributed by atoms with Crippen LogP contribution >= 0.6 is 22.9 Å². The number of rotatable bonds is 4. The molecule has 1 unspecified atom stereocenters. The molecule has 2 amide bonds. The Kier molecular flexibility index (Phi) is 6.32. The molecule has 0 saturated heterocycles. The van der Waals surface area contributed by atoms with E-state index in [1.807, 2.05) is 65.9 Å². The van der Waals surface area contributed by atoms with Gasteiger partial charge in [-0.15, -0.1) is 11.3 Å². The number of hydrogen-bond acceptors (Lipinski definition) is 6. The number of nitrogens with zero attached hydrogens (tertiary/aromatic N) is 3. The molecule has 3 aromatic rings. The number of guanidine groups is 1. The first-order valence-electron chi connectivity index (χ1n) is 11.1. The first kappa shape index (κ1) is 23.1. The molecule has 0 saturated carbocycles. The molecule has 3 heterocycles. The molecule has 1 aromatic heterocycles. The van der Waals surface area contributed by atoms with E-state index in [2.05, 4.69) is 15.6 Å². The predicted molar refractivity (Wildman–Crippen MR) is 141 cm³/mol. The minimum Gasteiger partial charge on any atom is -0.337 e. The van der Waals surface area contributed by atoms with Crippen molar-refractivity contribution in [3.63, 3.8) is 0 Å². The zero-order valence-corrected chi connectivity index (χ0v) is 20.9. The number of amides is 2. The lowest BCUT2D eigenvalue weighted by Gasteiger charge is -2.35. The van der Waals surface area contributed by atoms with Crippen molar-refractivity contribution >= 4 is 52.1 Å². The Morgan fingerprint density at radius 1 is 1.26 bits per heavy atom. The maximum Gasteiger partial charge on any atom is 0.253 e. The molecule has 2 aromatic carbocycles. The van der Waals surface area contributed by atoms with Crippen molar-refractivity contribution < 1.29 is 9.59 Å². The molecule has 0 spiro atoms. The second-order valence-electron chi connectivity index (χ2n) is 8.57. The monoisotopic (exact) mass is 505 g/mol. The van der Waals surface area contributed by atoms with E-state index in [0.717, 1.165) is 21.7 Å². The lowest BCUT2D eigenvalue weighted by molar-refractivity contribution is -0.115. The van der Waals surface area contributed by atoms with Gasteiger partial charge in [-0.2, -0.15) is 0 Å². The highest BCUT2D eigenvalue weighted by Crippen LogP contribution is 2.40. The predicted octanol–water partition coefficient (Wildman–Crippen LogP) is 5.35. The minimum absolute atomic E-state index is 0.0319. The number of nitrogens with one attached hydrogen (secondary N) is 2. The van der Waals surface area contributed by atoms with Gasteiger partial charge in [0.25, 0.3) is 5.91 Å². The van der Waals surface area contributed by atoms with Crippen molar-refractivity contribution in [3.05, 3.63) is 92.8 Å². The Morgan fingerprint density at radius 2 is 2.06 bits per heavy atom. The van der Waals surface area contributed by atoms with Gasteiger partial charge in [-0.1, -0.05) is 23.7 Å². The number of hydrogen-bond donors (Lipinski definition) is 2. The molecule has 2 aliphatic rings. The van der Waals surface area contributed by atoms with E-state index in [1.54, 1.807) is 35.6 Å².